The highest BCUT2D eigenvalue weighted by Crippen LogP contribution is 2.67. The van der Waals surface area contributed by atoms with Crippen LogP contribution in [-0.4, -0.2) is 28.1 Å². The summed E-state index contributed by atoms with van der Waals surface area (Å²) < 4.78 is 0. The van der Waals surface area contributed by atoms with Crippen LogP contribution < -0.4 is 0 Å². The van der Waals surface area contributed by atoms with Gasteiger partial charge in [-0.3, -0.25) is 9.59 Å². The van der Waals surface area contributed by atoms with Crippen LogP contribution in [-0.2, 0) is 9.59 Å². The number of aliphatic hydroxyl groups excluding tert-OH is 1. The van der Waals surface area contributed by atoms with Crippen LogP contribution in [0.1, 0.15) is 85.0 Å². The number of hydrogen-bond acceptors (Lipinski definition) is 3. The molecule has 0 aromatic heterocycles. The zero-order valence-electron chi connectivity index (χ0n) is 17.8. The molecule has 0 aromatic carbocycles. The maximum absolute atomic E-state index is 13.3. The van der Waals surface area contributed by atoms with Gasteiger partial charge in [0.05, 0.1) is 6.10 Å². The molecule has 4 rings (SSSR count). The molecule has 4 saturated carbocycles. The number of fused-ring (bicyclic) bond motifs is 5. The van der Waals surface area contributed by atoms with E-state index < -0.39 is 5.97 Å². The summed E-state index contributed by atoms with van der Waals surface area (Å²) in [4.78, 5) is 24.4. The number of aliphatic hydroxyl groups is 1. The quantitative estimate of drug-likeness (QED) is 0.730. The fourth-order valence-corrected chi connectivity index (χ4v) is 8.44. The van der Waals surface area contributed by atoms with Crippen molar-refractivity contribution >= 4 is 11.8 Å². The number of aliphatic carboxylic acids is 1. The second-order valence-corrected chi connectivity index (χ2v) is 11.2. The third kappa shape index (κ3) is 3.05. The van der Waals surface area contributed by atoms with Gasteiger partial charge in [-0.2, -0.15) is 0 Å². The molecule has 2 N–H and O–H groups in total. The number of carboxylic acids is 1. The summed E-state index contributed by atoms with van der Waals surface area (Å²) >= 11 is 0. The molecule has 9 atom stereocenters. The van der Waals surface area contributed by atoms with Crippen molar-refractivity contribution in [1.29, 1.82) is 0 Å². The Labute approximate surface area is 169 Å². The molecule has 0 aromatic rings. The van der Waals surface area contributed by atoms with E-state index in [1.165, 1.54) is 6.42 Å². The van der Waals surface area contributed by atoms with Gasteiger partial charge in [0.15, 0.2) is 0 Å². The van der Waals surface area contributed by atoms with Crippen molar-refractivity contribution in [2.45, 2.75) is 91.1 Å². The maximum Gasteiger partial charge on any atom is 0.303 e. The highest BCUT2D eigenvalue weighted by Gasteiger charge is 2.62. The van der Waals surface area contributed by atoms with E-state index in [0.717, 1.165) is 44.9 Å². The lowest BCUT2D eigenvalue weighted by atomic mass is 9.44. The van der Waals surface area contributed by atoms with E-state index in [9.17, 15) is 14.7 Å². The summed E-state index contributed by atoms with van der Waals surface area (Å²) in [5.41, 5.74) is 0.401. The fourth-order valence-electron chi connectivity index (χ4n) is 8.44. The monoisotopic (exact) mass is 390 g/mol. The molecule has 0 bridgehead atoms. The summed E-state index contributed by atoms with van der Waals surface area (Å²) in [7, 11) is 0. The molecule has 4 aliphatic rings. The number of carbonyl (C=O) groups is 2. The number of hydrogen-bond donors (Lipinski definition) is 2. The summed E-state index contributed by atoms with van der Waals surface area (Å²) in [6.45, 7) is 7.06. The van der Waals surface area contributed by atoms with Crippen LogP contribution in [0.4, 0.5) is 0 Å². The summed E-state index contributed by atoms with van der Waals surface area (Å²) in [6, 6.07) is 0. The minimum absolute atomic E-state index is 0.187. The van der Waals surface area contributed by atoms with Crippen LogP contribution in [0.3, 0.4) is 0 Å². The van der Waals surface area contributed by atoms with Gasteiger partial charge in [-0.05, 0) is 91.8 Å². The third-order valence-corrected chi connectivity index (χ3v) is 10.0. The second-order valence-electron chi connectivity index (χ2n) is 11.2. The number of Topliss-reactive ketones (excluding diaryl/α,β-unsaturated/α-hetero) is 1. The standard InChI is InChI=1S/C24H38O4/c1-14(4-7-21(27)28)17-5-6-18-22-19(9-11-24(17,18)3)23(2)10-8-16(25)12-15(23)13-20(22)26/h14-19,22,25H,4-13H2,1-3H3,(H,27,28)/t14-,15+,16-,17?,18+,19+,22+,23+,24-/m1/s1. The van der Waals surface area contributed by atoms with Gasteiger partial charge in [0.1, 0.15) is 5.78 Å². The molecule has 158 valence electrons. The number of carboxylic acid groups (broad SMARTS) is 1. The summed E-state index contributed by atoms with van der Waals surface area (Å²) in [5.74, 6) is 2.25. The first-order valence-corrected chi connectivity index (χ1v) is 11.6. The smallest absolute Gasteiger partial charge is 0.303 e. The first-order chi connectivity index (χ1) is 13.2. The van der Waals surface area contributed by atoms with Crippen molar-refractivity contribution in [3.8, 4) is 0 Å². The van der Waals surface area contributed by atoms with E-state index in [1.54, 1.807) is 0 Å². The second kappa shape index (κ2) is 7.11. The Morgan fingerprint density at radius 1 is 1.11 bits per heavy atom. The van der Waals surface area contributed by atoms with Gasteiger partial charge >= 0.3 is 5.97 Å². The van der Waals surface area contributed by atoms with Crippen molar-refractivity contribution in [3.63, 3.8) is 0 Å². The first-order valence-electron chi connectivity index (χ1n) is 11.6. The molecule has 0 aliphatic heterocycles. The van der Waals surface area contributed by atoms with Gasteiger partial charge in [-0.15, -0.1) is 0 Å². The van der Waals surface area contributed by atoms with Crippen molar-refractivity contribution < 1.29 is 19.8 Å². The number of carbonyl (C=O) groups excluding carboxylic acids is 1. The third-order valence-electron chi connectivity index (χ3n) is 10.0. The normalized spacial score (nSPS) is 49.1. The Balaban J connectivity index is 1.56. The van der Waals surface area contributed by atoms with E-state index in [0.29, 0.717) is 41.8 Å². The summed E-state index contributed by atoms with van der Waals surface area (Å²) in [5, 5.41) is 19.3. The molecule has 0 heterocycles. The van der Waals surface area contributed by atoms with E-state index in [4.69, 9.17) is 5.11 Å². The number of ketones is 1. The molecule has 1 unspecified atom stereocenters. The molecule has 4 heteroatoms. The van der Waals surface area contributed by atoms with Gasteiger partial charge in [0.25, 0.3) is 0 Å². The maximum atomic E-state index is 13.3. The summed E-state index contributed by atoms with van der Waals surface area (Å²) in [6.07, 6.45) is 8.81. The van der Waals surface area contributed by atoms with Gasteiger partial charge in [-0.1, -0.05) is 20.8 Å². The zero-order chi connectivity index (χ0) is 20.3. The van der Waals surface area contributed by atoms with Gasteiger partial charge < -0.3 is 10.2 Å². The predicted octanol–water partition coefficient (Wildman–Crippen LogP) is 4.69. The van der Waals surface area contributed by atoms with Crippen LogP contribution in [0, 0.1) is 46.3 Å². The fraction of sp³-hybridized carbons (Fsp3) is 0.917. The van der Waals surface area contributed by atoms with Gasteiger partial charge in [0.2, 0.25) is 0 Å². The topological polar surface area (TPSA) is 74.6 Å². The lowest BCUT2D eigenvalue weighted by molar-refractivity contribution is -0.160. The highest BCUT2D eigenvalue weighted by atomic mass is 16.4. The Hall–Kier alpha value is -0.900. The van der Waals surface area contributed by atoms with Gasteiger partial charge in [0, 0.05) is 18.8 Å². The minimum Gasteiger partial charge on any atom is -0.481 e. The van der Waals surface area contributed by atoms with E-state index in [-0.39, 0.29) is 29.3 Å². The van der Waals surface area contributed by atoms with E-state index in [2.05, 4.69) is 20.8 Å². The largest absolute Gasteiger partial charge is 0.481 e. The SMILES string of the molecule is C[C@H](CCC(=O)O)C1CC[C@H]2[C@@H]3C(=O)C[C@@H]4C[C@H](O)CC[C@]4(C)[C@H]3CC[C@]12C. The van der Waals surface area contributed by atoms with Crippen LogP contribution in [0.25, 0.3) is 0 Å². The molecule has 28 heavy (non-hydrogen) atoms. The minimum atomic E-state index is -0.698. The average molecular weight is 391 g/mol. The van der Waals surface area contributed by atoms with Crippen LogP contribution in [0.15, 0.2) is 0 Å². The van der Waals surface area contributed by atoms with E-state index in [1.807, 2.05) is 0 Å². The lowest BCUT2D eigenvalue weighted by Gasteiger charge is -2.60. The van der Waals surface area contributed by atoms with E-state index >= 15 is 0 Å². The van der Waals surface area contributed by atoms with Crippen LogP contribution >= 0.6 is 0 Å². The molecule has 0 spiro atoms. The Bertz CT molecular complexity index is 645. The van der Waals surface area contributed by atoms with Crippen molar-refractivity contribution in [2.24, 2.45) is 46.3 Å². The molecule has 4 fully saturated rings. The van der Waals surface area contributed by atoms with Crippen molar-refractivity contribution in [2.75, 3.05) is 0 Å². The Morgan fingerprint density at radius 3 is 2.50 bits per heavy atom. The Kier molecular flexibility index (Phi) is 5.17. The van der Waals surface area contributed by atoms with Crippen molar-refractivity contribution in [3.05, 3.63) is 0 Å². The number of rotatable bonds is 4. The van der Waals surface area contributed by atoms with Crippen LogP contribution in [0.2, 0.25) is 0 Å². The van der Waals surface area contributed by atoms with Gasteiger partial charge in [-0.25, -0.2) is 0 Å². The Morgan fingerprint density at radius 2 is 1.79 bits per heavy atom. The molecule has 4 nitrogen and oxygen atoms in total. The average Bonchev–Trinajstić information content (AvgIpc) is 2.98. The molecular weight excluding hydrogens is 352 g/mol. The molecular formula is C24H38O4. The molecule has 0 radical (unpaired) electrons. The molecule has 4 aliphatic carbocycles. The van der Waals surface area contributed by atoms with Crippen LogP contribution in [0.5, 0.6) is 0 Å². The lowest BCUT2D eigenvalue weighted by Crippen LogP contribution is -2.57. The first kappa shape index (κ1) is 20.4. The zero-order valence-corrected chi connectivity index (χ0v) is 17.8. The highest BCUT2D eigenvalue weighted by molar-refractivity contribution is 5.83. The molecule has 0 saturated heterocycles. The molecule has 0 amide bonds. The van der Waals surface area contributed by atoms with Crippen molar-refractivity contribution in [1.82, 2.24) is 0 Å². The predicted molar refractivity (Wildman–Crippen MR) is 108 cm³/mol.